The zero-order chi connectivity index (χ0) is 12.3. The van der Waals surface area contributed by atoms with Crippen molar-refractivity contribution in [2.45, 2.75) is 19.8 Å². The number of nitrogens with zero attached hydrogens (tertiary/aromatic N) is 2. The van der Waals surface area contributed by atoms with Crippen molar-refractivity contribution in [2.75, 3.05) is 12.4 Å². The summed E-state index contributed by atoms with van der Waals surface area (Å²) in [5.74, 6) is 1.34. The molecule has 88 valence electrons. The molecule has 1 aromatic carbocycles. The van der Waals surface area contributed by atoms with Crippen LogP contribution >= 0.6 is 0 Å². The highest BCUT2D eigenvalue weighted by atomic mass is 15.2. The van der Waals surface area contributed by atoms with Crippen molar-refractivity contribution in [1.82, 2.24) is 10.2 Å². The summed E-state index contributed by atoms with van der Waals surface area (Å²) in [6, 6.07) is 12.4. The molecule has 0 radical (unpaired) electrons. The lowest BCUT2D eigenvalue weighted by molar-refractivity contribution is 0.867. The first-order valence-electron chi connectivity index (χ1n) is 5.82. The number of anilines is 1. The van der Waals surface area contributed by atoms with Crippen LogP contribution in [-0.4, -0.2) is 17.2 Å². The summed E-state index contributed by atoms with van der Waals surface area (Å²) in [6.45, 7) is 4.38. The Kier molecular flexibility index (Phi) is 3.38. The van der Waals surface area contributed by atoms with E-state index in [2.05, 4.69) is 53.6 Å². The molecular formula is C14H17N3. The van der Waals surface area contributed by atoms with Gasteiger partial charge in [0, 0.05) is 12.6 Å². The van der Waals surface area contributed by atoms with Crippen molar-refractivity contribution < 1.29 is 0 Å². The highest BCUT2D eigenvalue weighted by Crippen LogP contribution is 2.21. The Balaban J connectivity index is 2.26. The third-order valence-electron chi connectivity index (χ3n) is 2.79. The van der Waals surface area contributed by atoms with E-state index in [4.69, 9.17) is 0 Å². The van der Waals surface area contributed by atoms with Crippen LogP contribution in [0, 0.1) is 0 Å². The zero-order valence-corrected chi connectivity index (χ0v) is 10.4. The van der Waals surface area contributed by atoms with E-state index in [1.54, 1.807) is 0 Å². The van der Waals surface area contributed by atoms with Gasteiger partial charge in [0.25, 0.3) is 0 Å². The quantitative estimate of drug-likeness (QED) is 0.874. The summed E-state index contributed by atoms with van der Waals surface area (Å²) in [5.41, 5.74) is 3.34. The molecule has 0 atom stereocenters. The van der Waals surface area contributed by atoms with E-state index in [1.807, 2.05) is 19.2 Å². The molecule has 2 rings (SSSR count). The molecule has 0 fully saturated rings. The number of benzene rings is 1. The highest BCUT2D eigenvalue weighted by molar-refractivity contribution is 5.60. The standard InChI is InChI=1S/C14H17N3/c1-10(2)11-4-6-12(7-5-11)13-8-9-14(15-3)17-16-13/h4-10H,1-3H3,(H,15,17). The lowest BCUT2D eigenvalue weighted by Crippen LogP contribution is -1.95. The molecule has 0 aliphatic heterocycles. The first kappa shape index (κ1) is 11.6. The van der Waals surface area contributed by atoms with Gasteiger partial charge in [-0.15, -0.1) is 10.2 Å². The molecule has 1 aromatic heterocycles. The number of hydrogen-bond donors (Lipinski definition) is 1. The second-order valence-corrected chi connectivity index (χ2v) is 4.33. The van der Waals surface area contributed by atoms with Crippen molar-refractivity contribution >= 4 is 5.82 Å². The predicted octanol–water partition coefficient (Wildman–Crippen LogP) is 3.31. The van der Waals surface area contributed by atoms with E-state index in [0.29, 0.717) is 5.92 Å². The van der Waals surface area contributed by atoms with Crippen LogP contribution in [0.4, 0.5) is 5.82 Å². The first-order valence-corrected chi connectivity index (χ1v) is 5.82. The normalized spacial score (nSPS) is 10.6. The minimum Gasteiger partial charge on any atom is -0.372 e. The summed E-state index contributed by atoms with van der Waals surface area (Å²) in [7, 11) is 1.83. The van der Waals surface area contributed by atoms with Gasteiger partial charge in [0.05, 0.1) is 5.69 Å². The average molecular weight is 227 g/mol. The Hall–Kier alpha value is -1.90. The Morgan fingerprint density at radius 2 is 1.65 bits per heavy atom. The van der Waals surface area contributed by atoms with Gasteiger partial charge >= 0.3 is 0 Å². The Morgan fingerprint density at radius 1 is 0.941 bits per heavy atom. The second kappa shape index (κ2) is 4.95. The molecular weight excluding hydrogens is 210 g/mol. The summed E-state index contributed by atoms with van der Waals surface area (Å²) in [6.07, 6.45) is 0. The van der Waals surface area contributed by atoms with E-state index < -0.39 is 0 Å². The van der Waals surface area contributed by atoms with E-state index in [1.165, 1.54) is 5.56 Å². The third-order valence-corrected chi connectivity index (χ3v) is 2.79. The van der Waals surface area contributed by atoms with Crippen molar-refractivity contribution in [1.29, 1.82) is 0 Å². The van der Waals surface area contributed by atoms with Crippen molar-refractivity contribution in [3.05, 3.63) is 42.0 Å². The molecule has 0 amide bonds. The molecule has 0 aliphatic carbocycles. The first-order chi connectivity index (χ1) is 8.20. The number of hydrogen-bond acceptors (Lipinski definition) is 3. The minimum absolute atomic E-state index is 0.557. The van der Waals surface area contributed by atoms with Crippen molar-refractivity contribution in [3.63, 3.8) is 0 Å². The molecule has 17 heavy (non-hydrogen) atoms. The second-order valence-electron chi connectivity index (χ2n) is 4.33. The fourth-order valence-electron chi connectivity index (χ4n) is 1.66. The Bertz CT molecular complexity index is 472. The van der Waals surface area contributed by atoms with Gasteiger partial charge < -0.3 is 5.32 Å². The van der Waals surface area contributed by atoms with Crippen LogP contribution in [0.5, 0.6) is 0 Å². The van der Waals surface area contributed by atoms with Gasteiger partial charge in [-0.1, -0.05) is 38.1 Å². The maximum absolute atomic E-state index is 4.18. The summed E-state index contributed by atoms with van der Waals surface area (Å²) >= 11 is 0. The van der Waals surface area contributed by atoms with E-state index >= 15 is 0 Å². The van der Waals surface area contributed by atoms with Gasteiger partial charge in [-0.05, 0) is 23.6 Å². The molecule has 1 heterocycles. The number of nitrogens with one attached hydrogen (secondary N) is 1. The molecule has 3 nitrogen and oxygen atoms in total. The van der Waals surface area contributed by atoms with Crippen LogP contribution in [0.1, 0.15) is 25.3 Å². The average Bonchev–Trinajstić information content (AvgIpc) is 2.39. The van der Waals surface area contributed by atoms with Gasteiger partial charge in [0.15, 0.2) is 0 Å². The molecule has 2 aromatic rings. The maximum atomic E-state index is 4.18. The lowest BCUT2D eigenvalue weighted by Gasteiger charge is -2.06. The highest BCUT2D eigenvalue weighted by Gasteiger charge is 2.02. The fraction of sp³-hybridized carbons (Fsp3) is 0.286. The van der Waals surface area contributed by atoms with Gasteiger partial charge in [-0.25, -0.2) is 0 Å². The summed E-state index contributed by atoms with van der Waals surface area (Å²) < 4.78 is 0. The molecule has 0 unspecified atom stereocenters. The smallest absolute Gasteiger partial charge is 0.148 e. The van der Waals surface area contributed by atoms with Gasteiger partial charge in [-0.3, -0.25) is 0 Å². The molecule has 0 bridgehead atoms. The molecule has 1 N–H and O–H groups in total. The van der Waals surface area contributed by atoms with Crippen LogP contribution < -0.4 is 5.32 Å². The largest absolute Gasteiger partial charge is 0.372 e. The van der Waals surface area contributed by atoms with Gasteiger partial charge in [0.1, 0.15) is 5.82 Å². The van der Waals surface area contributed by atoms with E-state index in [-0.39, 0.29) is 0 Å². The van der Waals surface area contributed by atoms with Crippen LogP contribution in [0.2, 0.25) is 0 Å². The summed E-state index contributed by atoms with van der Waals surface area (Å²) in [5, 5.41) is 11.2. The Morgan fingerprint density at radius 3 is 2.12 bits per heavy atom. The number of rotatable bonds is 3. The minimum atomic E-state index is 0.557. The van der Waals surface area contributed by atoms with Gasteiger partial charge in [0.2, 0.25) is 0 Å². The third kappa shape index (κ3) is 2.61. The topological polar surface area (TPSA) is 37.8 Å². The molecule has 0 saturated heterocycles. The summed E-state index contributed by atoms with van der Waals surface area (Å²) in [4.78, 5) is 0. The van der Waals surface area contributed by atoms with E-state index in [0.717, 1.165) is 17.1 Å². The molecule has 3 heteroatoms. The van der Waals surface area contributed by atoms with E-state index in [9.17, 15) is 0 Å². The molecule has 0 spiro atoms. The number of aromatic nitrogens is 2. The van der Waals surface area contributed by atoms with Crippen LogP contribution in [0.3, 0.4) is 0 Å². The van der Waals surface area contributed by atoms with Crippen molar-refractivity contribution in [2.24, 2.45) is 0 Å². The van der Waals surface area contributed by atoms with Crippen molar-refractivity contribution in [3.8, 4) is 11.3 Å². The molecule has 0 aliphatic rings. The zero-order valence-electron chi connectivity index (χ0n) is 10.4. The lowest BCUT2D eigenvalue weighted by atomic mass is 10.0. The predicted molar refractivity (Wildman–Crippen MR) is 71.1 cm³/mol. The van der Waals surface area contributed by atoms with Gasteiger partial charge in [-0.2, -0.15) is 0 Å². The monoisotopic (exact) mass is 227 g/mol. The Labute approximate surface area is 102 Å². The van der Waals surface area contributed by atoms with Crippen LogP contribution in [-0.2, 0) is 0 Å². The maximum Gasteiger partial charge on any atom is 0.148 e. The fourth-order valence-corrected chi connectivity index (χ4v) is 1.66. The SMILES string of the molecule is CNc1ccc(-c2ccc(C(C)C)cc2)nn1. The molecule has 0 saturated carbocycles. The van der Waals surface area contributed by atoms with Crippen LogP contribution in [0.25, 0.3) is 11.3 Å². The van der Waals surface area contributed by atoms with Crippen LogP contribution in [0.15, 0.2) is 36.4 Å².